The SMILES string of the molecule is CC[SiH](O[Si](C)(C)O[SiH](C)C)O[Si](C)(C)O[SiH](C)C. The van der Waals surface area contributed by atoms with Crippen molar-refractivity contribution in [1.82, 2.24) is 0 Å². The van der Waals surface area contributed by atoms with Crippen molar-refractivity contribution in [2.45, 2.75) is 65.3 Å². The summed E-state index contributed by atoms with van der Waals surface area (Å²) in [5.41, 5.74) is 0. The second-order valence-electron chi connectivity index (χ2n) is 6.21. The third-order valence-corrected chi connectivity index (χ3v) is 17.8. The average Bonchev–Trinajstić information content (AvgIpc) is 2.10. The molecule has 0 aromatic rings. The molecule has 9 heteroatoms. The van der Waals surface area contributed by atoms with Crippen LogP contribution in [0, 0.1) is 0 Å². The molecule has 0 aliphatic heterocycles. The van der Waals surface area contributed by atoms with E-state index in [0.29, 0.717) is 0 Å². The third-order valence-electron chi connectivity index (χ3n) is 2.20. The van der Waals surface area contributed by atoms with Gasteiger partial charge < -0.3 is 16.5 Å². The Balaban J connectivity index is 4.50. The lowest BCUT2D eigenvalue weighted by molar-refractivity contribution is 0.321. The Morgan fingerprint density at radius 3 is 1.21 bits per heavy atom. The summed E-state index contributed by atoms with van der Waals surface area (Å²) in [6.45, 7) is 19.4. The van der Waals surface area contributed by atoms with Gasteiger partial charge in [-0.05, 0) is 58.4 Å². The van der Waals surface area contributed by atoms with E-state index in [1.54, 1.807) is 0 Å². The summed E-state index contributed by atoms with van der Waals surface area (Å²) in [6.07, 6.45) is 0. The molecule has 0 N–H and O–H groups in total. The van der Waals surface area contributed by atoms with Crippen LogP contribution in [0.4, 0.5) is 0 Å². The molecular formula is C10H32O4Si5. The molecule has 0 aliphatic rings. The van der Waals surface area contributed by atoms with Crippen LogP contribution >= 0.6 is 0 Å². The highest BCUT2D eigenvalue weighted by atomic mass is 28.5. The van der Waals surface area contributed by atoms with E-state index >= 15 is 0 Å². The Morgan fingerprint density at radius 2 is 1.00 bits per heavy atom. The molecule has 0 saturated heterocycles. The summed E-state index contributed by atoms with van der Waals surface area (Å²) in [6, 6.07) is 0.971. The Labute approximate surface area is 126 Å². The molecule has 19 heavy (non-hydrogen) atoms. The van der Waals surface area contributed by atoms with E-state index in [1.807, 2.05) is 0 Å². The van der Waals surface area contributed by atoms with Crippen molar-refractivity contribution in [3.05, 3.63) is 0 Å². The Kier molecular flexibility index (Phi) is 8.80. The lowest BCUT2D eigenvalue weighted by Crippen LogP contribution is -2.50. The zero-order valence-corrected chi connectivity index (χ0v) is 19.5. The first-order valence-electron chi connectivity index (χ1n) is 7.18. The number of hydrogen-bond donors (Lipinski definition) is 0. The van der Waals surface area contributed by atoms with Crippen molar-refractivity contribution in [2.24, 2.45) is 0 Å². The van der Waals surface area contributed by atoms with E-state index in [4.69, 9.17) is 16.5 Å². The summed E-state index contributed by atoms with van der Waals surface area (Å²) >= 11 is 0. The normalized spacial score (nSPS) is 13.9. The first kappa shape index (κ1) is 19.9. The van der Waals surface area contributed by atoms with E-state index in [-0.39, 0.29) is 0 Å². The predicted octanol–water partition coefficient (Wildman–Crippen LogP) is 2.66. The van der Waals surface area contributed by atoms with Crippen LogP contribution in [0.5, 0.6) is 0 Å². The van der Waals surface area contributed by atoms with E-state index in [1.165, 1.54) is 0 Å². The van der Waals surface area contributed by atoms with E-state index in [2.05, 4.69) is 59.3 Å². The molecule has 0 aliphatic carbocycles. The van der Waals surface area contributed by atoms with E-state index < -0.39 is 44.5 Å². The van der Waals surface area contributed by atoms with Gasteiger partial charge >= 0.3 is 26.4 Å². The predicted molar refractivity (Wildman–Crippen MR) is 94.7 cm³/mol. The van der Waals surface area contributed by atoms with Gasteiger partial charge in [-0.25, -0.2) is 0 Å². The van der Waals surface area contributed by atoms with Crippen molar-refractivity contribution in [3.8, 4) is 0 Å². The smallest absolute Gasteiger partial charge is 0.312 e. The highest BCUT2D eigenvalue weighted by Gasteiger charge is 2.35. The van der Waals surface area contributed by atoms with Crippen LogP contribution in [0.1, 0.15) is 6.92 Å². The monoisotopic (exact) mass is 356 g/mol. The van der Waals surface area contributed by atoms with Crippen molar-refractivity contribution >= 4 is 44.5 Å². The van der Waals surface area contributed by atoms with Gasteiger partial charge in [0.25, 0.3) is 0 Å². The largest absolute Gasteiger partial charge is 0.440 e. The summed E-state index contributed by atoms with van der Waals surface area (Å²) in [5, 5.41) is 0. The molecule has 0 fully saturated rings. The highest BCUT2D eigenvalue weighted by Crippen LogP contribution is 2.17. The van der Waals surface area contributed by atoms with Gasteiger partial charge in [-0.1, -0.05) is 6.92 Å². The number of rotatable bonds is 9. The molecule has 0 rings (SSSR count). The Hall–Kier alpha value is 0.924. The van der Waals surface area contributed by atoms with Gasteiger partial charge in [0.1, 0.15) is 0 Å². The molecule has 0 heterocycles. The molecule has 0 spiro atoms. The quantitative estimate of drug-likeness (QED) is 0.595. The fraction of sp³-hybridized carbons (Fsp3) is 1.00. The molecule has 116 valence electrons. The molecule has 0 radical (unpaired) electrons. The molecule has 0 aromatic carbocycles. The maximum atomic E-state index is 6.25. The van der Waals surface area contributed by atoms with Crippen LogP contribution in [0.25, 0.3) is 0 Å². The van der Waals surface area contributed by atoms with Gasteiger partial charge in [0.15, 0.2) is 18.1 Å². The molecule has 0 bridgehead atoms. The topological polar surface area (TPSA) is 36.9 Å². The second kappa shape index (κ2) is 8.39. The molecule has 0 aromatic heterocycles. The summed E-state index contributed by atoms with van der Waals surface area (Å²) in [4.78, 5) is 0. The van der Waals surface area contributed by atoms with Crippen molar-refractivity contribution in [2.75, 3.05) is 0 Å². The van der Waals surface area contributed by atoms with Gasteiger partial charge in [0.2, 0.25) is 0 Å². The molecular weight excluding hydrogens is 325 g/mol. The maximum absolute atomic E-state index is 6.25. The van der Waals surface area contributed by atoms with Crippen LogP contribution in [0.15, 0.2) is 0 Å². The lowest BCUT2D eigenvalue weighted by Gasteiger charge is -2.34. The minimum Gasteiger partial charge on any atom is -0.440 e. The van der Waals surface area contributed by atoms with Crippen LogP contribution in [-0.2, 0) is 16.5 Å². The minimum atomic E-state index is -2.01. The lowest BCUT2D eigenvalue weighted by atomic mass is 11.0. The Morgan fingerprint density at radius 1 is 0.684 bits per heavy atom. The van der Waals surface area contributed by atoms with Gasteiger partial charge in [0.05, 0.1) is 0 Å². The average molecular weight is 357 g/mol. The summed E-state index contributed by atoms with van der Waals surface area (Å²) in [7, 11) is -7.79. The van der Waals surface area contributed by atoms with Gasteiger partial charge in [-0.3, -0.25) is 0 Å². The maximum Gasteiger partial charge on any atom is 0.312 e. The molecule has 0 atom stereocenters. The first-order chi connectivity index (χ1) is 8.47. The second-order valence-corrected chi connectivity index (χ2v) is 21.4. The van der Waals surface area contributed by atoms with E-state index in [0.717, 1.165) is 6.04 Å². The van der Waals surface area contributed by atoms with Crippen LogP contribution < -0.4 is 0 Å². The van der Waals surface area contributed by atoms with Crippen molar-refractivity contribution < 1.29 is 16.5 Å². The number of hydrogen-bond acceptors (Lipinski definition) is 4. The van der Waals surface area contributed by atoms with Gasteiger partial charge in [0, 0.05) is 0 Å². The zero-order valence-electron chi connectivity index (χ0n) is 14.1. The molecule has 0 saturated carbocycles. The van der Waals surface area contributed by atoms with Gasteiger partial charge in [-0.2, -0.15) is 0 Å². The van der Waals surface area contributed by atoms with Gasteiger partial charge in [-0.15, -0.1) is 0 Å². The summed E-state index contributed by atoms with van der Waals surface area (Å²) < 4.78 is 24.6. The van der Waals surface area contributed by atoms with Crippen molar-refractivity contribution in [3.63, 3.8) is 0 Å². The fourth-order valence-electron chi connectivity index (χ4n) is 2.01. The third kappa shape index (κ3) is 10.3. The Bertz CT molecular complexity index is 236. The zero-order chi connectivity index (χ0) is 15.3. The minimum absolute atomic E-state index is 0.971. The van der Waals surface area contributed by atoms with Crippen LogP contribution in [0.3, 0.4) is 0 Å². The molecule has 0 amide bonds. The van der Waals surface area contributed by atoms with Crippen molar-refractivity contribution in [1.29, 1.82) is 0 Å². The fourth-order valence-corrected chi connectivity index (χ4v) is 19.6. The molecule has 4 nitrogen and oxygen atoms in total. The first-order valence-corrected chi connectivity index (χ1v) is 20.1. The van der Waals surface area contributed by atoms with E-state index in [9.17, 15) is 0 Å². The van der Waals surface area contributed by atoms with Crippen LogP contribution in [-0.4, -0.2) is 44.5 Å². The standard InChI is InChI=1S/C10H32O4Si5/c1-10-17(13-18(6,7)11-15(2)3)14-19(8,9)12-16(4)5/h15-17H,10H2,1-9H3. The molecule has 0 unspecified atom stereocenters. The highest BCUT2D eigenvalue weighted by molar-refractivity contribution is 6.81. The summed E-state index contributed by atoms with van der Waals surface area (Å²) in [5.74, 6) is 0. The van der Waals surface area contributed by atoms with Crippen LogP contribution in [0.2, 0.25) is 58.4 Å².